The summed E-state index contributed by atoms with van der Waals surface area (Å²) in [5.74, 6) is 0. The predicted molar refractivity (Wildman–Crippen MR) is 70.4 cm³/mol. The second-order valence-corrected chi connectivity index (χ2v) is 3.99. The lowest BCUT2D eigenvalue weighted by Gasteiger charge is -2.04. The van der Waals surface area contributed by atoms with Crippen molar-refractivity contribution < 1.29 is 4.79 Å². The van der Waals surface area contributed by atoms with Gasteiger partial charge in [0.15, 0.2) is 5.62 Å². The van der Waals surface area contributed by atoms with Crippen LogP contribution in [0.5, 0.6) is 0 Å². The highest BCUT2D eigenvalue weighted by Crippen LogP contribution is 2.17. The second kappa shape index (κ2) is 6.37. The van der Waals surface area contributed by atoms with Gasteiger partial charge in [-0.1, -0.05) is 54.3 Å². The van der Waals surface area contributed by atoms with E-state index in [1.165, 1.54) is 0 Å². The molecule has 1 rings (SSSR count). The zero-order chi connectivity index (χ0) is 11.1. The van der Waals surface area contributed by atoms with Gasteiger partial charge in [0.1, 0.15) is 4.99 Å². The lowest BCUT2D eigenvalue weighted by atomic mass is 10.2. The van der Waals surface area contributed by atoms with Gasteiger partial charge in [-0.3, -0.25) is 4.79 Å². The van der Waals surface area contributed by atoms with Gasteiger partial charge in [0.25, 0.3) is 0 Å². The molecule has 0 spiro atoms. The van der Waals surface area contributed by atoms with Crippen LogP contribution < -0.4 is 5.32 Å². The molecule has 0 aromatic heterocycles. The minimum absolute atomic E-state index is 0.580. The summed E-state index contributed by atoms with van der Waals surface area (Å²) in [5, 5.41) is 2.85. The Hall–Kier alpha value is -1.13. The van der Waals surface area contributed by atoms with Crippen molar-refractivity contribution in [3.63, 3.8) is 0 Å². The lowest BCUT2D eigenvalue weighted by Crippen LogP contribution is -2.16. The van der Waals surface area contributed by atoms with E-state index in [-0.39, 0.29) is 0 Å². The predicted octanol–water partition coefficient (Wildman–Crippen LogP) is 2.50. The number of rotatable bonds is 4. The average molecular weight is 237 g/mol. The van der Waals surface area contributed by atoms with E-state index >= 15 is 0 Å². The van der Waals surface area contributed by atoms with Crippen LogP contribution in [0.2, 0.25) is 0 Å². The highest BCUT2D eigenvalue weighted by molar-refractivity contribution is 8.16. The smallest absolute Gasteiger partial charge is 0.181 e. The first-order valence-corrected chi connectivity index (χ1v) is 5.66. The minimum Gasteiger partial charge on any atom is -0.378 e. The van der Waals surface area contributed by atoms with Crippen molar-refractivity contribution in [2.24, 2.45) is 0 Å². The minimum atomic E-state index is 0.580. The number of thiocarbonyl (C=S) groups is 1. The van der Waals surface area contributed by atoms with Crippen molar-refractivity contribution in [1.82, 2.24) is 5.32 Å². The topological polar surface area (TPSA) is 29.1 Å². The summed E-state index contributed by atoms with van der Waals surface area (Å²) in [6.45, 7) is 0. The number of likely N-dealkylation sites (N-methyl/N-ethyl adjacent to an activating group) is 1. The van der Waals surface area contributed by atoms with Crippen molar-refractivity contribution in [2.45, 2.75) is 0 Å². The molecule has 4 heteroatoms. The van der Waals surface area contributed by atoms with Crippen LogP contribution in [-0.2, 0) is 4.79 Å². The number of benzene rings is 1. The second-order valence-electron chi connectivity index (χ2n) is 2.71. The van der Waals surface area contributed by atoms with E-state index in [0.717, 1.165) is 27.8 Å². The van der Waals surface area contributed by atoms with Crippen molar-refractivity contribution in [1.29, 1.82) is 0 Å². The van der Waals surface area contributed by atoms with Crippen LogP contribution in [0.25, 0.3) is 6.08 Å². The molecule has 0 heterocycles. The third-order valence-corrected chi connectivity index (χ3v) is 2.95. The molecule has 15 heavy (non-hydrogen) atoms. The van der Waals surface area contributed by atoms with Gasteiger partial charge in [-0.05, 0) is 11.6 Å². The van der Waals surface area contributed by atoms with Crippen molar-refractivity contribution >= 4 is 40.7 Å². The number of hydrogen-bond acceptors (Lipinski definition) is 3. The first kappa shape index (κ1) is 11.9. The summed E-state index contributed by atoms with van der Waals surface area (Å²) in [4.78, 5) is 11.8. The summed E-state index contributed by atoms with van der Waals surface area (Å²) in [5.41, 5.74) is 1.80. The molecule has 0 radical (unpaired) electrons. The molecular weight excluding hydrogens is 226 g/mol. The van der Waals surface area contributed by atoms with Crippen LogP contribution in [0.1, 0.15) is 5.56 Å². The molecule has 0 aliphatic heterocycles. The normalized spacial score (nSPS) is 10.9. The molecule has 2 nitrogen and oxygen atoms in total. The van der Waals surface area contributed by atoms with Gasteiger partial charge >= 0.3 is 0 Å². The number of carbonyl (C=O) groups is 1. The van der Waals surface area contributed by atoms with Gasteiger partial charge in [0, 0.05) is 12.0 Å². The van der Waals surface area contributed by atoms with E-state index in [1.54, 1.807) is 7.05 Å². The maximum absolute atomic E-state index is 10.5. The Morgan fingerprint density at radius 1 is 1.40 bits per heavy atom. The van der Waals surface area contributed by atoms with Crippen molar-refractivity contribution in [2.75, 3.05) is 7.05 Å². The number of nitrogens with one attached hydrogen (secondary N) is 1. The largest absolute Gasteiger partial charge is 0.378 e. The number of carbonyl (C=O) groups excluding carboxylic acids is 1. The SMILES string of the molecule is CNC(=S)/C(=C/c1ccccc1)SC=O. The van der Waals surface area contributed by atoms with Gasteiger partial charge in [-0.2, -0.15) is 0 Å². The molecule has 0 aliphatic rings. The Kier molecular flexibility index (Phi) is 5.07. The van der Waals surface area contributed by atoms with Gasteiger partial charge in [0.2, 0.25) is 0 Å². The first-order valence-electron chi connectivity index (χ1n) is 4.37. The standard InChI is InChI=1S/C11H11NOS2/c1-12-11(14)10(15-8-13)7-9-5-3-2-4-6-9/h2-8H,1H3,(H,12,14)/b10-7-. The fraction of sp³-hybridized carbons (Fsp3) is 0.0909. The summed E-state index contributed by atoms with van der Waals surface area (Å²) in [7, 11) is 1.74. The van der Waals surface area contributed by atoms with E-state index in [0.29, 0.717) is 4.99 Å². The van der Waals surface area contributed by atoms with Gasteiger partial charge in [-0.25, -0.2) is 0 Å². The van der Waals surface area contributed by atoms with Gasteiger partial charge < -0.3 is 5.32 Å². The maximum Gasteiger partial charge on any atom is 0.181 e. The van der Waals surface area contributed by atoms with Crippen LogP contribution in [0.3, 0.4) is 0 Å². The van der Waals surface area contributed by atoms with Crippen molar-refractivity contribution in [3.8, 4) is 0 Å². The van der Waals surface area contributed by atoms with E-state index in [9.17, 15) is 4.79 Å². The third kappa shape index (κ3) is 3.85. The Morgan fingerprint density at radius 2 is 2.07 bits per heavy atom. The molecule has 1 N–H and O–H groups in total. The van der Waals surface area contributed by atoms with Gasteiger partial charge in [0.05, 0.1) is 0 Å². The van der Waals surface area contributed by atoms with Crippen LogP contribution in [-0.4, -0.2) is 17.7 Å². The molecule has 0 atom stereocenters. The summed E-state index contributed by atoms with van der Waals surface area (Å²) < 4.78 is 0. The maximum atomic E-state index is 10.5. The Labute approximate surface area is 98.8 Å². The fourth-order valence-corrected chi connectivity index (χ4v) is 1.75. The Bertz CT molecular complexity index is 373. The van der Waals surface area contributed by atoms with Crippen LogP contribution >= 0.6 is 24.0 Å². The van der Waals surface area contributed by atoms with Crippen LogP contribution in [0, 0.1) is 0 Å². The fourth-order valence-electron chi connectivity index (χ4n) is 1.03. The summed E-state index contributed by atoms with van der Waals surface area (Å²) >= 11 is 6.16. The molecule has 0 amide bonds. The summed E-state index contributed by atoms with van der Waals surface area (Å²) in [6.07, 6.45) is 1.89. The van der Waals surface area contributed by atoms with E-state index in [2.05, 4.69) is 5.32 Å². The molecule has 0 unspecified atom stereocenters. The first-order chi connectivity index (χ1) is 7.27. The average Bonchev–Trinajstić information content (AvgIpc) is 2.29. The number of hydrogen-bond donors (Lipinski definition) is 1. The van der Waals surface area contributed by atoms with Crippen LogP contribution in [0.15, 0.2) is 35.2 Å². The molecule has 0 saturated heterocycles. The quantitative estimate of drug-likeness (QED) is 0.495. The highest BCUT2D eigenvalue weighted by Gasteiger charge is 2.03. The Balaban J connectivity index is 2.93. The summed E-state index contributed by atoms with van der Waals surface area (Å²) in [6, 6.07) is 9.75. The molecular formula is C11H11NOS2. The number of thioether (sulfide) groups is 1. The molecule has 0 aliphatic carbocycles. The lowest BCUT2D eigenvalue weighted by molar-refractivity contribution is 0.570. The molecule has 0 fully saturated rings. The Morgan fingerprint density at radius 3 is 2.60 bits per heavy atom. The molecule has 0 bridgehead atoms. The molecule has 78 valence electrons. The third-order valence-electron chi connectivity index (χ3n) is 1.72. The van der Waals surface area contributed by atoms with Crippen LogP contribution in [0.4, 0.5) is 0 Å². The van der Waals surface area contributed by atoms with Crippen molar-refractivity contribution in [3.05, 3.63) is 40.8 Å². The molecule has 1 aromatic carbocycles. The van der Waals surface area contributed by atoms with E-state index in [1.807, 2.05) is 36.4 Å². The molecule has 1 aromatic rings. The zero-order valence-corrected chi connectivity index (χ0v) is 9.90. The van der Waals surface area contributed by atoms with Gasteiger partial charge in [-0.15, -0.1) is 0 Å². The van der Waals surface area contributed by atoms with E-state index in [4.69, 9.17) is 12.2 Å². The van der Waals surface area contributed by atoms with E-state index < -0.39 is 0 Å². The highest BCUT2D eigenvalue weighted by atomic mass is 32.2. The zero-order valence-electron chi connectivity index (χ0n) is 8.27. The molecule has 0 saturated carbocycles. The monoisotopic (exact) mass is 237 g/mol.